The predicted octanol–water partition coefficient (Wildman–Crippen LogP) is 1.37. The van der Waals surface area contributed by atoms with Crippen LogP contribution in [0.2, 0.25) is 0 Å². The van der Waals surface area contributed by atoms with Gasteiger partial charge in [0.05, 0.1) is 23.8 Å². The van der Waals surface area contributed by atoms with Crippen molar-refractivity contribution in [1.29, 1.82) is 0 Å². The lowest BCUT2D eigenvalue weighted by atomic mass is 10.1. The monoisotopic (exact) mass is 271 g/mol. The molecule has 2 heterocycles. The van der Waals surface area contributed by atoms with Crippen LogP contribution in [0.1, 0.15) is 6.92 Å². The second kappa shape index (κ2) is 5.32. The van der Waals surface area contributed by atoms with Crippen molar-refractivity contribution in [2.75, 3.05) is 23.3 Å². The van der Waals surface area contributed by atoms with Gasteiger partial charge in [-0.15, -0.1) is 0 Å². The Labute approximate surface area is 117 Å². The van der Waals surface area contributed by atoms with Crippen molar-refractivity contribution in [2.24, 2.45) is 5.92 Å². The smallest absolute Gasteiger partial charge is 0.229 e. The molecule has 6 nitrogen and oxygen atoms in total. The van der Waals surface area contributed by atoms with E-state index in [9.17, 15) is 4.79 Å². The number of fused-ring (bicyclic) bond motifs is 1. The van der Waals surface area contributed by atoms with Crippen LogP contribution in [0.5, 0.6) is 0 Å². The number of hydrogen-bond acceptors (Lipinski definition) is 4. The molecule has 1 aromatic heterocycles. The zero-order valence-corrected chi connectivity index (χ0v) is 11.4. The Hall–Kier alpha value is -2.37. The molecular formula is C14H17N5O. The maximum atomic E-state index is 12.0. The van der Waals surface area contributed by atoms with Gasteiger partial charge >= 0.3 is 0 Å². The molecule has 1 atom stereocenters. The van der Waals surface area contributed by atoms with Gasteiger partial charge in [-0.2, -0.15) is 5.10 Å². The highest BCUT2D eigenvalue weighted by Gasteiger charge is 2.24. The van der Waals surface area contributed by atoms with E-state index in [0.717, 1.165) is 24.5 Å². The summed E-state index contributed by atoms with van der Waals surface area (Å²) >= 11 is 0. The van der Waals surface area contributed by atoms with Gasteiger partial charge in [0.25, 0.3) is 0 Å². The number of nitrogens with zero attached hydrogens (tertiary/aromatic N) is 4. The third-order valence-electron chi connectivity index (χ3n) is 3.51. The lowest BCUT2D eigenvalue weighted by molar-refractivity contribution is -0.119. The number of aromatic nitrogens is 3. The number of hydrogen-bond donors (Lipinski definition) is 1. The Morgan fingerprint density at radius 1 is 1.35 bits per heavy atom. The molecule has 2 aromatic rings. The van der Waals surface area contributed by atoms with Gasteiger partial charge in [-0.1, -0.05) is 19.1 Å². The topological polar surface area (TPSA) is 63.1 Å². The largest absolute Gasteiger partial charge is 0.367 e. The summed E-state index contributed by atoms with van der Waals surface area (Å²) in [7, 11) is 0. The second-order valence-electron chi connectivity index (χ2n) is 5.01. The van der Waals surface area contributed by atoms with E-state index in [4.69, 9.17) is 0 Å². The van der Waals surface area contributed by atoms with E-state index in [1.165, 1.54) is 6.33 Å². The lowest BCUT2D eigenvalue weighted by Gasteiger charge is -2.25. The molecule has 3 rings (SSSR count). The Kier molecular flexibility index (Phi) is 3.37. The third kappa shape index (κ3) is 2.49. The number of rotatable bonds is 3. The van der Waals surface area contributed by atoms with Crippen LogP contribution in [0.3, 0.4) is 0 Å². The molecule has 0 spiro atoms. The van der Waals surface area contributed by atoms with Gasteiger partial charge in [0.15, 0.2) is 0 Å². The van der Waals surface area contributed by atoms with Crippen LogP contribution in [0, 0.1) is 5.92 Å². The van der Waals surface area contributed by atoms with Crippen LogP contribution >= 0.6 is 0 Å². The number of carbonyl (C=O) groups excluding carboxylic acids is 1. The summed E-state index contributed by atoms with van der Waals surface area (Å²) in [5, 5.41) is 7.09. The first kappa shape index (κ1) is 12.7. The molecule has 1 aromatic carbocycles. The summed E-state index contributed by atoms with van der Waals surface area (Å²) < 4.78 is 1.80. The molecule has 0 aliphatic carbocycles. The normalized spacial score (nSPS) is 18.4. The minimum atomic E-state index is -0.0434. The van der Waals surface area contributed by atoms with Gasteiger partial charge < -0.3 is 10.2 Å². The van der Waals surface area contributed by atoms with Crippen LogP contribution in [0.25, 0.3) is 0 Å². The Bertz CT molecular complexity index is 595. The van der Waals surface area contributed by atoms with Crippen molar-refractivity contribution in [3.63, 3.8) is 0 Å². The molecular weight excluding hydrogens is 254 g/mol. The van der Waals surface area contributed by atoms with Crippen LogP contribution in [-0.2, 0) is 11.3 Å². The standard InChI is InChI=1S/C14H17N5O/c1-11-8-18(6-7-19-10-15-9-16-19)13-5-3-2-4-12(13)17-14(11)20/h2-5,9-11H,6-8H2,1H3,(H,17,20). The molecule has 0 saturated carbocycles. The van der Waals surface area contributed by atoms with Gasteiger partial charge in [-0.3, -0.25) is 9.48 Å². The van der Waals surface area contributed by atoms with E-state index in [1.807, 2.05) is 31.2 Å². The van der Waals surface area contributed by atoms with Gasteiger partial charge in [0.2, 0.25) is 5.91 Å². The minimum Gasteiger partial charge on any atom is -0.367 e. The fraction of sp³-hybridized carbons (Fsp3) is 0.357. The fourth-order valence-corrected chi connectivity index (χ4v) is 2.41. The van der Waals surface area contributed by atoms with Gasteiger partial charge in [0, 0.05) is 13.1 Å². The van der Waals surface area contributed by atoms with Gasteiger partial charge in [-0.05, 0) is 12.1 Å². The van der Waals surface area contributed by atoms with Crippen molar-refractivity contribution in [2.45, 2.75) is 13.5 Å². The summed E-state index contributed by atoms with van der Waals surface area (Å²) in [4.78, 5) is 18.2. The molecule has 1 amide bonds. The Balaban J connectivity index is 1.83. The van der Waals surface area contributed by atoms with E-state index in [-0.39, 0.29) is 11.8 Å². The molecule has 0 radical (unpaired) electrons. The molecule has 104 valence electrons. The van der Waals surface area contributed by atoms with E-state index in [2.05, 4.69) is 20.3 Å². The highest BCUT2D eigenvalue weighted by atomic mass is 16.1. The number of nitrogens with one attached hydrogen (secondary N) is 1. The fourth-order valence-electron chi connectivity index (χ4n) is 2.41. The van der Waals surface area contributed by atoms with E-state index >= 15 is 0 Å². The number of benzene rings is 1. The van der Waals surface area contributed by atoms with E-state index in [0.29, 0.717) is 6.54 Å². The van der Waals surface area contributed by atoms with Crippen molar-refractivity contribution < 1.29 is 4.79 Å². The van der Waals surface area contributed by atoms with Gasteiger partial charge in [0.1, 0.15) is 12.7 Å². The molecule has 0 fully saturated rings. The van der Waals surface area contributed by atoms with Crippen LogP contribution in [0.15, 0.2) is 36.9 Å². The van der Waals surface area contributed by atoms with Gasteiger partial charge in [-0.25, -0.2) is 4.98 Å². The van der Waals surface area contributed by atoms with Crippen LogP contribution < -0.4 is 10.2 Å². The number of amides is 1. The first-order chi connectivity index (χ1) is 9.74. The molecule has 1 unspecified atom stereocenters. The maximum Gasteiger partial charge on any atom is 0.229 e. The SMILES string of the molecule is CC1CN(CCn2cncn2)c2ccccc2NC1=O. The quantitative estimate of drug-likeness (QED) is 0.916. The van der Waals surface area contributed by atoms with E-state index < -0.39 is 0 Å². The highest BCUT2D eigenvalue weighted by Crippen LogP contribution is 2.29. The van der Waals surface area contributed by atoms with Crippen LogP contribution in [0.4, 0.5) is 11.4 Å². The minimum absolute atomic E-state index is 0.0434. The van der Waals surface area contributed by atoms with Crippen molar-refractivity contribution in [3.05, 3.63) is 36.9 Å². The van der Waals surface area contributed by atoms with Crippen molar-refractivity contribution in [1.82, 2.24) is 14.8 Å². The van der Waals surface area contributed by atoms with Crippen LogP contribution in [-0.4, -0.2) is 33.8 Å². The number of anilines is 2. The lowest BCUT2D eigenvalue weighted by Crippen LogP contribution is -2.33. The molecule has 1 aliphatic heterocycles. The maximum absolute atomic E-state index is 12.0. The second-order valence-corrected chi connectivity index (χ2v) is 5.01. The molecule has 0 bridgehead atoms. The summed E-state index contributed by atoms with van der Waals surface area (Å²) in [5.41, 5.74) is 1.94. The molecule has 20 heavy (non-hydrogen) atoms. The predicted molar refractivity (Wildman–Crippen MR) is 76.5 cm³/mol. The summed E-state index contributed by atoms with van der Waals surface area (Å²) in [6.45, 7) is 4.19. The Morgan fingerprint density at radius 2 is 2.20 bits per heavy atom. The first-order valence-corrected chi connectivity index (χ1v) is 6.71. The number of para-hydroxylation sites is 2. The Morgan fingerprint density at radius 3 is 3.00 bits per heavy atom. The zero-order chi connectivity index (χ0) is 13.9. The average Bonchev–Trinajstić information content (AvgIpc) is 2.93. The molecule has 1 N–H and O–H groups in total. The highest BCUT2D eigenvalue weighted by molar-refractivity contribution is 5.97. The van der Waals surface area contributed by atoms with Crippen molar-refractivity contribution >= 4 is 17.3 Å². The van der Waals surface area contributed by atoms with Crippen molar-refractivity contribution in [3.8, 4) is 0 Å². The first-order valence-electron chi connectivity index (χ1n) is 6.71. The zero-order valence-electron chi connectivity index (χ0n) is 11.4. The molecule has 6 heteroatoms. The number of carbonyl (C=O) groups is 1. The summed E-state index contributed by atoms with van der Waals surface area (Å²) in [6.07, 6.45) is 3.24. The van der Waals surface area contributed by atoms with E-state index in [1.54, 1.807) is 11.0 Å². The third-order valence-corrected chi connectivity index (χ3v) is 3.51. The molecule has 0 saturated heterocycles. The molecule has 1 aliphatic rings. The summed E-state index contributed by atoms with van der Waals surface area (Å²) in [6, 6.07) is 7.90. The summed E-state index contributed by atoms with van der Waals surface area (Å²) in [5.74, 6) is 0.0267. The average molecular weight is 271 g/mol.